The molecule has 1 fully saturated rings. The van der Waals surface area contributed by atoms with E-state index in [1.54, 1.807) is 0 Å². The Balaban J connectivity index is 2.17. The Morgan fingerprint density at radius 3 is 2.33 bits per heavy atom. The molecule has 0 bridgehead atoms. The Morgan fingerprint density at radius 2 is 1.78 bits per heavy atom. The maximum atomic E-state index is 10.5. The van der Waals surface area contributed by atoms with Crippen molar-refractivity contribution in [2.45, 2.75) is 57.7 Å². The van der Waals surface area contributed by atoms with Gasteiger partial charge < -0.3 is 10.4 Å². The normalized spacial score (nSPS) is 30.1. The van der Waals surface area contributed by atoms with Crippen LogP contribution < -0.4 is 5.32 Å². The van der Waals surface area contributed by atoms with Crippen molar-refractivity contribution in [3.63, 3.8) is 0 Å². The molecular formula is C16H25NO. The molecule has 100 valence electrons. The third-order valence-corrected chi connectivity index (χ3v) is 4.07. The summed E-state index contributed by atoms with van der Waals surface area (Å²) < 4.78 is 0. The first-order chi connectivity index (χ1) is 8.30. The molecule has 2 heteroatoms. The van der Waals surface area contributed by atoms with Gasteiger partial charge in [-0.05, 0) is 46.1 Å². The third-order valence-electron chi connectivity index (χ3n) is 4.07. The zero-order valence-corrected chi connectivity index (χ0v) is 11.9. The van der Waals surface area contributed by atoms with Gasteiger partial charge >= 0.3 is 0 Å². The Morgan fingerprint density at radius 1 is 1.17 bits per heavy atom. The van der Waals surface area contributed by atoms with Crippen LogP contribution in [-0.4, -0.2) is 22.3 Å². The Kier molecular flexibility index (Phi) is 3.52. The number of nitrogens with one attached hydrogen (secondary N) is 1. The molecule has 2 nitrogen and oxygen atoms in total. The summed E-state index contributed by atoms with van der Waals surface area (Å²) in [7, 11) is 0. The van der Waals surface area contributed by atoms with Crippen molar-refractivity contribution in [3.05, 3.63) is 35.9 Å². The predicted molar refractivity (Wildman–Crippen MR) is 75.6 cm³/mol. The summed E-state index contributed by atoms with van der Waals surface area (Å²) in [5.41, 5.74) is 1.27. The maximum Gasteiger partial charge on any atom is 0.0606 e. The smallest absolute Gasteiger partial charge is 0.0606 e. The fraction of sp³-hybridized carbons (Fsp3) is 0.625. The molecule has 1 heterocycles. The van der Waals surface area contributed by atoms with Crippen LogP contribution in [0.2, 0.25) is 0 Å². The van der Waals surface area contributed by atoms with E-state index >= 15 is 0 Å². The predicted octanol–water partition coefficient (Wildman–Crippen LogP) is 2.76. The molecule has 2 N–H and O–H groups in total. The summed E-state index contributed by atoms with van der Waals surface area (Å²) in [6.07, 6.45) is 1.50. The zero-order valence-electron chi connectivity index (χ0n) is 11.9. The number of benzene rings is 1. The van der Waals surface area contributed by atoms with Crippen molar-refractivity contribution in [2.24, 2.45) is 5.92 Å². The molecule has 2 atom stereocenters. The number of hydrogen-bond donors (Lipinski definition) is 2. The first-order valence-corrected chi connectivity index (χ1v) is 6.81. The highest BCUT2D eigenvalue weighted by Gasteiger charge is 2.44. The van der Waals surface area contributed by atoms with Gasteiger partial charge in [0.15, 0.2) is 0 Å². The van der Waals surface area contributed by atoms with Gasteiger partial charge in [-0.25, -0.2) is 0 Å². The van der Waals surface area contributed by atoms with Crippen molar-refractivity contribution in [3.8, 4) is 0 Å². The highest BCUT2D eigenvalue weighted by atomic mass is 16.3. The second-order valence-electron chi connectivity index (χ2n) is 6.80. The second-order valence-corrected chi connectivity index (χ2v) is 6.80. The minimum absolute atomic E-state index is 0.0100. The monoisotopic (exact) mass is 247 g/mol. The van der Waals surface area contributed by atoms with Crippen molar-refractivity contribution >= 4 is 0 Å². The van der Waals surface area contributed by atoms with Gasteiger partial charge in [-0.3, -0.25) is 0 Å². The molecule has 1 aromatic rings. The zero-order chi connectivity index (χ0) is 13.4. The summed E-state index contributed by atoms with van der Waals surface area (Å²) in [5, 5.41) is 14.1. The van der Waals surface area contributed by atoms with E-state index in [4.69, 9.17) is 0 Å². The number of aliphatic hydroxyl groups excluding tert-OH is 1. The van der Waals surface area contributed by atoms with Crippen LogP contribution in [0.5, 0.6) is 0 Å². The van der Waals surface area contributed by atoms with Crippen LogP contribution >= 0.6 is 0 Å². The Labute approximate surface area is 110 Å². The van der Waals surface area contributed by atoms with E-state index in [9.17, 15) is 5.11 Å². The van der Waals surface area contributed by atoms with Crippen molar-refractivity contribution < 1.29 is 5.11 Å². The van der Waals surface area contributed by atoms with Gasteiger partial charge in [-0.2, -0.15) is 0 Å². The van der Waals surface area contributed by atoms with E-state index in [1.807, 2.05) is 6.07 Å². The lowest BCUT2D eigenvalue weighted by Gasteiger charge is -2.50. The van der Waals surface area contributed by atoms with E-state index < -0.39 is 0 Å². The first-order valence-electron chi connectivity index (χ1n) is 6.81. The summed E-state index contributed by atoms with van der Waals surface area (Å²) in [6.45, 7) is 8.73. The first kappa shape index (κ1) is 13.6. The SMILES string of the molecule is CC1(C)CC(O)C(Cc2ccccc2)C(C)(C)N1. The van der Waals surface area contributed by atoms with E-state index in [0.29, 0.717) is 0 Å². The average molecular weight is 247 g/mol. The molecule has 1 aromatic carbocycles. The van der Waals surface area contributed by atoms with Gasteiger partial charge in [0.25, 0.3) is 0 Å². The van der Waals surface area contributed by atoms with Gasteiger partial charge in [0.2, 0.25) is 0 Å². The lowest BCUT2D eigenvalue weighted by atomic mass is 9.70. The van der Waals surface area contributed by atoms with Crippen molar-refractivity contribution in [1.82, 2.24) is 5.32 Å². The lowest BCUT2D eigenvalue weighted by molar-refractivity contribution is -0.0211. The highest BCUT2D eigenvalue weighted by Crippen LogP contribution is 2.35. The molecule has 1 aliphatic heterocycles. The van der Waals surface area contributed by atoms with Crippen LogP contribution in [0.15, 0.2) is 30.3 Å². The summed E-state index contributed by atoms with van der Waals surface area (Å²) >= 11 is 0. The fourth-order valence-electron chi connectivity index (χ4n) is 3.42. The number of hydrogen-bond acceptors (Lipinski definition) is 2. The minimum atomic E-state index is -0.239. The molecule has 0 saturated carbocycles. The Hall–Kier alpha value is -0.860. The maximum absolute atomic E-state index is 10.5. The van der Waals surface area contributed by atoms with Gasteiger partial charge in [0.05, 0.1) is 6.10 Å². The molecular weight excluding hydrogens is 222 g/mol. The molecule has 0 aromatic heterocycles. The van der Waals surface area contributed by atoms with Crippen LogP contribution in [0.4, 0.5) is 0 Å². The highest BCUT2D eigenvalue weighted by molar-refractivity contribution is 5.17. The van der Waals surface area contributed by atoms with Crippen molar-refractivity contribution in [2.75, 3.05) is 0 Å². The minimum Gasteiger partial charge on any atom is -0.393 e. The molecule has 0 radical (unpaired) electrons. The quantitative estimate of drug-likeness (QED) is 0.842. The third kappa shape index (κ3) is 2.93. The largest absolute Gasteiger partial charge is 0.393 e. The molecule has 0 aliphatic carbocycles. The standard InChI is InChI=1S/C16H25NO/c1-15(2)11-14(18)13(16(3,4)17-15)10-12-8-6-5-7-9-12/h5-9,13-14,17-18H,10-11H2,1-4H3. The van der Waals surface area contributed by atoms with Crippen LogP contribution in [0.25, 0.3) is 0 Å². The van der Waals surface area contributed by atoms with Crippen molar-refractivity contribution in [1.29, 1.82) is 0 Å². The topological polar surface area (TPSA) is 32.3 Å². The number of aliphatic hydroxyl groups is 1. The fourth-order valence-corrected chi connectivity index (χ4v) is 3.42. The second kappa shape index (κ2) is 4.67. The average Bonchev–Trinajstić information content (AvgIpc) is 2.23. The molecule has 0 spiro atoms. The molecule has 0 amide bonds. The van der Waals surface area contributed by atoms with E-state index in [2.05, 4.69) is 57.3 Å². The van der Waals surface area contributed by atoms with E-state index in [1.165, 1.54) is 5.56 Å². The van der Waals surface area contributed by atoms with Gasteiger partial charge in [-0.15, -0.1) is 0 Å². The lowest BCUT2D eigenvalue weighted by Crippen LogP contribution is -2.64. The van der Waals surface area contributed by atoms with Crippen LogP contribution in [-0.2, 0) is 6.42 Å². The van der Waals surface area contributed by atoms with Crippen LogP contribution in [0, 0.1) is 5.92 Å². The molecule has 18 heavy (non-hydrogen) atoms. The summed E-state index contributed by atoms with van der Waals surface area (Å²) in [5.74, 6) is 0.257. The van der Waals surface area contributed by atoms with Gasteiger partial charge in [0, 0.05) is 17.0 Å². The molecule has 2 rings (SSSR count). The van der Waals surface area contributed by atoms with E-state index in [0.717, 1.165) is 12.8 Å². The van der Waals surface area contributed by atoms with E-state index in [-0.39, 0.29) is 23.1 Å². The summed E-state index contributed by atoms with van der Waals surface area (Å²) in [4.78, 5) is 0. The molecule has 1 aliphatic rings. The molecule has 1 saturated heterocycles. The molecule has 2 unspecified atom stereocenters. The number of piperidine rings is 1. The van der Waals surface area contributed by atoms with Crippen LogP contribution in [0.3, 0.4) is 0 Å². The van der Waals surface area contributed by atoms with Crippen LogP contribution in [0.1, 0.15) is 39.7 Å². The van der Waals surface area contributed by atoms with Gasteiger partial charge in [0.1, 0.15) is 0 Å². The Bertz CT molecular complexity index is 397. The summed E-state index contributed by atoms with van der Waals surface area (Å²) in [6, 6.07) is 10.4. The number of rotatable bonds is 2. The van der Waals surface area contributed by atoms with Gasteiger partial charge in [-0.1, -0.05) is 30.3 Å².